The molecule has 0 aliphatic carbocycles. The summed E-state index contributed by atoms with van der Waals surface area (Å²) in [5.74, 6) is 0.556. The Labute approximate surface area is 143 Å². The maximum Gasteiger partial charge on any atom is 0.387 e. The molecule has 25 heavy (non-hydrogen) atoms. The van der Waals surface area contributed by atoms with Gasteiger partial charge in [-0.25, -0.2) is 0 Å². The molecular formula is C19H17F2NO3. The van der Waals surface area contributed by atoms with E-state index in [1.54, 1.807) is 12.1 Å². The maximum absolute atomic E-state index is 12.2. The number of amides is 1. The van der Waals surface area contributed by atoms with E-state index in [-0.39, 0.29) is 24.1 Å². The molecule has 0 saturated carbocycles. The van der Waals surface area contributed by atoms with Crippen molar-refractivity contribution in [3.63, 3.8) is 0 Å². The minimum absolute atomic E-state index is 0.0646. The zero-order valence-corrected chi connectivity index (χ0v) is 13.5. The van der Waals surface area contributed by atoms with Crippen molar-refractivity contribution in [2.75, 3.05) is 0 Å². The summed E-state index contributed by atoms with van der Waals surface area (Å²) in [5, 5.41) is 3.85. The van der Waals surface area contributed by atoms with Crippen molar-refractivity contribution in [3.05, 3.63) is 65.9 Å². The Morgan fingerprint density at radius 3 is 2.56 bits per heavy atom. The summed E-state index contributed by atoms with van der Waals surface area (Å²) in [5.41, 5.74) is 1.48. The zero-order chi connectivity index (χ0) is 17.8. The number of carbonyl (C=O) groups excluding carboxylic acids is 1. The highest BCUT2D eigenvalue weighted by atomic mass is 19.3. The number of benzene rings is 2. The van der Waals surface area contributed by atoms with E-state index in [0.29, 0.717) is 11.3 Å². The monoisotopic (exact) mass is 345 g/mol. The number of para-hydroxylation sites is 1. The number of alkyl halides is 2. The van der Waals surface area contributed by atoms with Gasteiger partial charge in [-0.05, 0) is 36.8 Å². The van der Waals surface area contributed by atoms with Gasteiger partial charge in [0.2, 0.25) is 5.91 Å². The van der Waals surface area contributed by atoms with Gasteiger partial charge in [0, 0.05) is 5.39 Å². The summed E-state index contributed by atoms with van der Waals surface area (Å²) in [6.45, 7) is -1.02. The lowest BCUT2D eigenvalue weighted by molar-refractivity contribution is -0.121. The summed E-state index contributed by atoms with van der Waals surface area (Å²) in [6.07, 6.45) is 0.138. The minimum Gasteiger partial charge on any atom is -0.459 e. The first-order valence-corrected chi connectivity index (χ1v) is 7.83. The Kier molecular flexibility index (Phi) is 4.97. The first-order chi connectivity index (χ1) is 12.0. The molecule has 0 spiro atoms. The van der Waals surface area contributed by atoms with Crippen molar-refractivity contribution in [1.82, 2.24) is 5.32 Å². The smallest absolute Gasteiger partial charge is 0.387 e. The van der Waals surface area contributed by atoms with Crippen LogP contribution in [0.25, 0.3) is 11.0 Å². The molecule has 1 unspecified atom stereocenters. The SMILES string of the molecule is CC(NC(=O)Cc1ccc(OC(F)F)cc1)c1cc2ccccc2o1. The third-order valence-corrected chi connectivity index (χ3v) is 3.76. The van der Waals surface area contributed by atoms with Crippen molar-refractivity contribution >= 4 is 16.9 Å². The molecule has 3 rings (SSSR count). The number of hydrogen-bond donors (Lipinski definition) is 1. The highest BCUT2D eigenvalue weighted by Gasteiger charge is 2.14. The predicted molar refractivity (Wildman–Crippen MR) is 89.5 cm³/mol. The molecule has 0 saturated heterocycles. The molecule has 0 aliphatic heterocycles. The van der Waals surface area contributed by atoms with E-state index in [1.165, 1.54) is 12.1 Å². The second-order valence-corrected chi connectivity index (χ2v) is 5.68. The van der Waals surface area contributed by atoms with Gasteiger partial charge in [-0.2, -0.15) is 8.78 Å². The molecule has 1 heterocycles. The molecule has 4 nitrogen and oxygen atoms in total. The fourth-order valence-electron chi connectivity index (χ4n) is 2.55. The van der Waals surface area contributed by atoms with Crippen LogP contribution in [0.1, 0.15) is 24.3 Å². The van der Waals surface area contributed by atoms with E-state index in [1.807, 2.05) is 37.3 Å². The van der Waals surface area contributed by atoms with Crippen LogP contribution in [0.4, 0.5) is 8.78 Å². The summed E-state index contributed by atoms with van der Waals surface area (Å²) >= 11 is 0. The lowest BCUT2D eigenvalue weighted by Gasteiger charge is -2.11. The normalized spacial score (nSPS) is 12.3. The largest absolute Gasteiger partial charge is 0.459 e. The topological polar surface area (TPSA) is 51.5 Å². The highest BCUT2D eigenvalue weighted by molar-refractivity contribution is 5.80. The van der Waals surface area contributed by atoms with Gasteiger partial charge in [0.1, 0.15) is 17.1 Å². The number of carbonyl (C=O) groups is 1. The van der Waals surface area contributed by atoms with E-state index >= 15 is 0 Å². The molecule has 1 N–H and O–H groups in total. The average molecular weight is 345 g/mol. The van der Waals surface area contributed by atoms with Crippen molar-refractivity contribution in [1.29, 1.82) is 0 Å². The third kappa shape index (κ3) is 4.35. The van der Waals surface area contributed by atoms with E-state index in [2.05, 4.69) is 10.1 Å². The van der Waals surface area contributed by atoms with E-state index in [4.69, 9.17) is 4.42 Å². The Morgan fingerprint density at radius 2 is 1.88 bits per heavy atom. The van der Waals surface area contributed by atoms with Gasteiger partial charge in [-0.3, -0.25) is 4.79 Å². The molecule has 0 aliphatic rings. The van der Waals surface area contributed by atoms with Gasteiger partial charge in [0.25, 0.3) is 0 Å². The van der Waals surface area contributed by atoms with Gasteiger partial charge in [-0.1, -0.05) is 30.3 Å². The van der Waals surface area contributed by atoms with Crippen LogP contribution in [-0.4, -0.2) is 12.5 Å². The van der Waals surface area contributed by atoms with Crippen LogP contribution < -0.4 is 10.1 Å². The lowest BCUT2D eigenvalue weighted by Crippen LogP contribution is -2.27. The number of rotatable bonds is 6. The Bertz CT molecular complexity index is 825. The van der Waals surface area contributed by atoms with Crippen molar-refractivity contribution < 1.29 is 22.7 Å². The molecule has 0 bridgehead atoms. The lowest BCUT2D eigenvalue weighted by atomic mass is 10.1. The molecule has 0 fully saturated rings. The van der Waals surface area contributed by atoms with Crippen molar-refractivity contribution in [2.45, 2.75) is 26.0 Å². The van der Waals surface area contributed by atoms with Gasteiger partial charge in [-0.15, -0.1) is 0 Å². The van der Waals surface area contributed by atoms with Crippen LogP contribution in [0.15, 0.2) is 59.0 Å². The van der Waals surface area contributed by atoms with E-state index in [9.17, 15) is 13.6 Å². The average Bonchev–Trinajstić information content (AvgIpc) is 3.00. The zero-order valence-electron chi connectivity index (χ0n) is 13.5. The molecular weight excluding hydrogens is 328 g/mol. The van der Waals surface area contributed by atoms with Gasteiger partial charge in [0.15, 0.2) is 0 Å². The number of hydrogen-bond acceptors (Lipinski definition) is 3. The van der Waals surface area contributed by atoms with Crippen LogP contribution in [0, 0.1) is 0 Å². The Morgan fingerprint density at radius 1 is 1.16 bits per heavy atom. The number of furan rings is 1. The van der Waals surface area contributed by atoms with Crippen LogP contribution >= 0.6 is 0 Å². The molecule has 0 radical (unpaired) electrons. The maximum atomic E-state index is 12.2. The second kappa shape index (κ2) is 7.34. The summed E-state index contributed by atoms with van der Waals surface area (Å²) < 4.78 is 34.2. The molecule has 130 valence electrons. The number of halogens is 2. The van der Waals surface area contributed by atoms with Crippen molar-refractivity contribution in [2.24, 2.45) is 0 Å². The van der Waals surface area contributed by atoms with Gasteiger partial charge < -0.3 is 14.5 Å². The van der Waals surface area contributed by atoms with Crippen LogP contribution in [0.2, 0.25) is 0 Å². The first-order valence-electron chi connectivity index (χ1n) is 7.83. The molecule has 2 aromatic carbocycles. The molecule has 6 heteroatoms. The summed E-state index contributed by atoms with van der Waals surface area (Å²) in [4.78, 5) is 12.2. The molecule has 1 atom stereocenters. The summed E-state index contributed by atoms with van der Waals surface area (Å²) in [7, 11) is 0. The second-order valence-electron chi connectivity index (χ2n) is 5.68. The van der Waals surface area contributed by atoms with Crippen LogP contribution in [-0.2, 0) is 11.2 Å². The standard InChI is InChI=1S/C19H17F2NO3/c1-12(17-11-14-4-2-3-5-16(14)25-17)22-18(23)10-13-6-8-15(9-7-13)24-19(20)21/h2-9,11-12,19H,10H2,1H3,(H,22,23). The van der Waals surface area contributed by atoms with Gasteiger partial charge >= 0.3 is 6.61 Å². The van der Waals surface area contributed by atoms with Crippen molar-refractivity contribution in [3.8, 4) is 5.75 Å². The predicted octanol–water partition coefficient (Wildman–Crippen LogP) is 4.45. The van der Waals surface area contributed by atoms with Crippen LogP contribution in [0.5, 0.6) is 5.75 Å². The molecule has 1 amide bonds. The third-order valence-electron chi connectivity index (χ3n) is 3.76. The number of nitrogens with one attached hydrogen (secondary N) is 1. The Hall–Kier alpha value is -2.89. The minimum atomic E-state index is -2.86. The van der Waals surface area contributed by atoms with Crippen LogP contribution in [0.3, 0.4) is 0 Å². The number of ether oxygens (including phenoxy) is 1. The fraction of sp³-hybridized carbons (Fsp3) is 0.211. The fourth-order valence-corrected chi connectivity index (χ4v) is 2.55. The first kappa shape index (κ1) is 17.0. The summed E-state index contributed by atoms with van der Waals surface area (Å²) in [6, 6.07) is 15.3. The Balaban J connectivity index is 1.59. The highest BCUT2D eigenvalue weighted by Crippen LogP contribution is 2.23. The molecule has 1 aromatic heterocycles. The molecule has 3 aromatic rings. The number of fused-ring (bicyclic) bond motifs is 1. The van der Waals surface area contributed by atoms with E-state index in [0.717, 1.165) is 11.0 Å². The quantitative estimate of drug-likeness (QED) is 0.718. The van der Waals surface area contributed by atoms with E-state index < -0.39 is 6.61 Å². The van der Waals surface area contributed by atoms with Gasteiger partial charge in [0.05, 0.1) is 12.5 Å².